The molecule has 1 heterocycles. The van der Waals surface area contributed by atoms with Gasteiger partial charge >= 0.3 is 5.97 Å². The van der Waals surface area contributed by atoms with E-state index >= 15 is 0 Å². The molecule has 2 N–H and O–H groups in total. The summed E-state index contributed by atoms with van der Waals surface area (Å²) in [4.78, 5) is 16.4. The molecule has 0 amide bonds. The van der Waals surface area contributed by atoms with Crippen LogP contribution in [0.4, 0.5) is 0 Å². The number of thiazole rings is 1. The first kappa shape index (κ1) is 14.1. The van der Waals surface area contributed by atoms with Crippen molar-refractivity contribution < 1.29 is 14.6 Å². The summed E-state index contributed by atoms with van der Waals surface area (Å²) in [7, 11) is 1.49. The zero-order chi connectivity index (χ0) is 13.0. The maximum Gasteiger partial charge on any atom is 0.323 e. The second kappa shape index (κ2) is 6.09. The van der Waals surface area contributed by atoms with Crippen LogP contribution in [0.15, 0.2) is 0 Å². The Kier molecular flexibility index (Phi) is 5.04. The van der Waals surface area contributed by atoms with E-state index in [-0.39, 0.29) is 12.6 Å². The van der Waals surface area contributed by atoms with Gasteiger partial charge in [-0.15, -0.1) is 11.3 Å². The second-order valence-corrected chi connectivity index (χ2v) is 5.15. The van der Waals surface area contributed by atoms with Crippen molar-refractivity contribution >= 4 is 17.3 Å². The number of aliphatic carboxylic acids is 1. The Balaban J connectivity index is 2.73. The lowest BCUT2D eigenvalue weighted by Gasteiger charge is -2.18. The monoisotopic (exact) mass is 258 g/mol. The highest BCUT2D eigenvalue weighted by atomic mass is 32.1. The van der Waals surface area contributed by atoms with E-state index in [1.807, 2.05) is 20.8 Å². The van der Waals surface area contributed by atoms with Crippen LogP contribution in [0.25, 0.3) is 0 Å². The predicted molar refractivity (Wildman–Crippen MR) is 66.4 cm³/mol. The van der Waals surface area contributed by atoms with Crippen molar-refractivity contribution in [2.45, 2.75) is 32.9 Å². The zero-order valence-corrected chi connectivity index (χ0v) is 11.3. The first-order chi connectivity index (χ1) is 7.95. The minimum absolute atomic E-state index is 0.0440. The van der Waals surface area contributed by atoms with Gasteiger partial charge in [-0.1, -0.05) is 0 Å². The van der Waals surface area contributed by atoms with Gasteiger partial charge in [-0.3, -0.25) is 10.1 Å². The number of carboxylic acids is 1. The molecule has 2 atom stereocenters. The number of nitrogens with one attached hydrogen (secondary N) is 1. The van der Waals surface area contributed by atoms with Gasteiger partial charge in [0.1, 0.15) is 6.04 Å². The fourth-order valence-electron chi connectivity index (χ4n) is 1.68. The Morgan fingerprint density at radius 2 is 2.24 bits per heavy atom. The van der Waals surface area contributed by atoms with Crippen molar-refractivity contribution in [2.24, 2.45) is 0 Å². The van der Waals surface area contributed by atoms with Crippen LogP contribution in [0.2, 0.25) is 0 Å². The SMILES string of the molecule is COCC(NC(C)c1sc(C)nc1C)C(=O)O. The van der Waals surface area contributed by atoms with Crippen LogP contribution >= 0.6 is 11.3 Å². The normalized spacial score (nSPS) is 14.6. The van der Waals surface area contributed by atoms with Gasteiger partial charge in [-0.05, 0) is 20.8 Å². The number of methoxy groups -OCH3 is 1. The van der Waals surface area contributed by atoms with E-state index in [1.54, 1.807) is 11.3 Å². The van der Waals surface area contributed by atoms with Crippen LogP contribution < -0.4 is 5.32 Å². The Morgan fingerprint density at radius 3 is 2.65 bits per heavy atom. The second-order valence-electron chi connectivity index (χ2n) is 3.92. The highest BCUT2D eigenvalue weighted by Crippen LogP contribution is 2.24. The molecule has 0 saturated carbocycles. The molecule has 1 aromatic heterocycles. The van der Waals surface area contributed by atoms with E-state index in [2.05, 4.69) is 10.3 Å². The van der Waals surface area contributed by atoms with E-state index in [0.29, 0.717) is 0 Å². The molecule has 0 bridgehead atoms. The molecular formula is C11H18N2O3S. The summed E-state index contributed by atoms with van der Waals surface area (Å²) < 4.78 is 4.88. The van der Waals surface area contributed by atoms with E-state index in [4.69, 9.17) is 9.84 Å². The molecule has 0 aliphatic carbocycles. The van der Waals surface area contributed by atoms with Crippen molar-refractivity contribution in [3.8, 4) is 0 Å². The molecule has 0 aliphatic heterocycles. The molecule has 0 aliphatic rings. The Labute approximate surface area is 105 Å². The Hall–Kier alpha value is -0.980. The number of carboxylic acid groups (broad SMARTS) is 1. The molecule has 0 fully saturated rings. The molecule has 0 radical (unpaired) electrons. The maximum absolute atomic E-state index is 11.0. The van der Waals surface area contributed by atoms with Crippen LogP contribution in [-0.4, -0.2) is 35.8 Å². The number of hydrogen-bond donors (Lipinski definition) is 2. The number of nitrogens with zero attached hydrogens (tertiary/aromatic N) is 1. The lowest BCUT2D eigenvalue weighted by molar-refractivity contribution is -0.141. The Bertz CT molecular complexity index is 392. The summed E-state index contributed by atoms with van der Waals surface area (Å²) in [5.41, 5.74) is 0.953. The van der Waals surface area contributed by atoms with Gasteiger partial charge in [0.2, 0.25) is 0 Å². The molecule has 96 valence electrons. The number of rotatable bonds is 6. The number of aromatic nitrogens is 1. The average Bonchev–Trinajstić information content (AvgIpc) is 2.57. The third-order valence-electron chi connectivity index (χ3n) is 2.42. The van der Waals surface area contributed by atoms with Crippen LogP contribution in [0.3, 0.4) is 0 Å². The standard InChI is InChI=1S/C11H18N2O3S/c1-6-10(17-8(3)12-6)7(2)13-9(5-16-4)11(14)15/h7,9,13H,5H2,1-4H3,(H,14,15). The Morgan fingerprint density at radius 1 is 1.59 bits per heavy atom. The molecular weight excluding hydrogens is 240 g/mol. The van der Waals surface area contributed by atoms with Gasteiger partial charge in [0.15, 0.2) is 0 Å². The van der Waals surface area contributed by atoms with Crippen molar-refractivity contribution in [1.82, 2.24) is 10.3 Å². The molecule has 0 spiro atoms. The average molecular weight is 258 g/mol. The van der Waals surface area contributed by atoms with Gasteiger partial charge in [0.05, 0.1) is 17.3 Å². The quantitative estimate of drug-likeness (QED) is 0.809. The molecule has 17 heavy (non-hydrogen) atoms. The highest BCUT2D eigenvalue weighted by molar-refractivity contribution is 7.11. The molecule has 6 heteroatoms. The number of carbonyl (C=O) groups is 1. The van der Waals surface area contributed by atoms with Crippen molar-refractivity contribution in [1.29, 1.82) is 0 Å². The molecule has 5 nitrogen and oxygen atoms in total. The van der Waals surface area contributed by atoms with E-state index < -0.39 is 12.0 Å². The summed E-state index contributed by atoms with van der Waals surface area (Å²) in [6.07, 6.45) is 0. The van der Waals surface area contributed by atoms with Crippen LogP contribution in [0.1, 0.15) is 28.5 Å². The highest BCUT2D eigenvalue weighted by Gasteiger charge is 2.22. The van der Waals surface area contributed by atoms with Crippen LogP contribution in [-0.2, 0) is 9.53 Å². The third kappa shape index (κ3) is 3.76. The lowest BCUT2D eigenvalue weighted by Crippen LogP contribution is -2.41. The van der Waals surface area contributed by atoms with Gasteiger partial charge < -0.3 is 9.84 Å². The summed E-state index contributed by atoms with van der Waals surface area (Å²) in [5.74, 6) is -0.905. The van der Waals surface area contributed by atoms with E-state index in [9.17, 15) is 4.79 Å². The summed E-state index contributed by atoms with van der Waals surface area (Å²) in [6, 6.07) is -0.741. The van der Waals surface area contributed by atoms with Gasteiger partial charge in [-0.25, -0.2) is 4.98 Å². The van der Waals surface area contributed by atoms with E-state index in [1.165, 1.54) is 7.11 Å². The topological polar surface area (TPSA) is 71.5 Å². The molecule has 2 unspecified atom stereocenters. The number of ether oxygens (including phenoxy) is 1. The zero-order valence-electron chi connectivity index (χ0n) is 10.5. The minimum atomic E-state index is -0.905. The predicted octanol–water partition coefficient (Wildman–Crippen LogP) is 1.51. The molecule has 1 aromatic rings. The van der Waals surface area contributed by atoms with Crippen LogP contribution in [0, 0.1) is 13.8 Å². The third-order valence-corrected chi connectivity index (χ3v) is 3.67. The minimum Gasteiger partial charge on any atom is -0.480 e. The first-order valence-electron chi connectivity index (χ1n) is 5.37. The lowest BCUT2D eigenvalue weighted by atomic mass is 10.2. The molecule has 0 saturated heterocycles. The van der Waals surface area contributed by atoms with Gasteiger partial charge in [-0.2, -0.15) is 0 Å². The number of hydrogen-bond acceptors (Lipinski definition) is 5. The fourth-order valence-corrected chi connectivity index (χ4v) is 2.62. The first-order valence-corrected chi connectivity index (χ1v) is 6.19. The van der Waals surface area contributed by atoms with E-state index in [0.717, 1.165) is 15.6 Å². The number of aryl methyl sites for hydroxylation is 2. The molecule has 1 rings (SSSR count). The van der Waals surface area contributed by atoms with Crippen LogP contribution in [0.5, 0.6) is 0 Å². The van der Waals surface area contributed by atoms with Crippen molar-refractivity contribution in [2.75, 3.05) is 13.7 Å². The fraction of sp³-hybridized carbons (Fsp3) is 0.636. The summed E-state index contributed by atoms with van der Waals surface area (Å²) in [6.45, 7) is 5.96. The largest absolute Gasteiger partial charge is 0.480 e. The maximum atomic E-state index is 11.0. The summed E-state index contributed by atoms with van der Waals surface area (Å²) >= 11 is 1.59. The molecule has 0 aromatic carbocycles. The van der Waals surface area contributed by atoms with Crippen molar-refractivity contribution in [3.05, 3.63) is 15.6 Å². The summed E-state index contributed by atoms with van der Waals surface area (Å²) in [5, 5.41) is 13.0. The smallest absolute Gasteiger partial charge is 0.323 e. The van der Waals surface area contributed by atoms with Gasteiger partial charge in [0.25, 0.3) is 0 Å². The van der Waals surface area contributed by atoms with Gasteiger partial charge in [0, 0.05) is 18.0 Å². The van der Waals surface area contributed by atoms with Crippen molar-refractivity contribution in [3.63, 3.8) is 0 Å².